The molecule has 30 heavy (non-hydrogen) atoms. The van der Waals surface area contributed by atoms with Gasteiger partial charge in [-0.25, -0.2) is 9.37 Å². The van der Waals surface area contributed by atoms with Crippen molar-refractivity contribution < 1.29 is 9.18 Å². The van der Waals surface area contributed by atoms with E-state index in [-0.39, 0.29) is 29.0 Å². The van der Waals surface area contributed by atoms with Crippen LogP contribution in [0.2, 0.25) is 0 Å². The monoisotopic (exact) mass is 398 g/mol. The molecule has 0 unspecified atom stereocenters. The molecule has 0 radical (unpaired) electrons. The number of halogens is 1. The number of rotatable bonds is 4. The lowest BCUT2D eigenvalue weighted by Crippen LogP contribution is -2.15. The van der Waals surface area contributed by atoms with Gasteiger partial charge in [0.05, 0.1) is 11.5 Å². The van der Waals surface area contributed by atoms with Crippen LogP contribution >= 0.6 is 0 Å². The minimum Gasteiger partial charge on any atom is -0.310 e. The zero-order valence-electron chi connectivity index (χ0n) is 16.2. The van der Waals surface area contributed by atoms with Crippen molar-refractivity contribution >= 4 is 22.5 Å². The summed E-state index contributed by atoms with van der Waals surface area (Å²) in [5, 5.41) is 14.1. The predicted molar refractivity (Wildman–Crippen MR) is 109 cm³/mol. The molecule has 6 rings (SSSR count). The molecule has 1 spiro atoms. The van der Waals surface area contributed by atoms with Gasteiger partial charge < -0.3 is 5.32 Å². The molecule has 6 heteroatoms. The van der Waals surface area contributed by atoms with Gasteiger partial charge in [0, 0.05) is 40.9 Å². The number of nitrogens with one attached hydrogen (secondary N) is 1. The first-order chi connectivity index (χ1) is 14.6. The van der Waals surface area contributed by atoms with Crippen molar-refractivity contribution in [1.82, 2.24) is 9.97 Å². The second kappa shape index (κ2) is 5.85. The van der Waals surface area contributed by atoms with E-state index in [0.29, 0.717) is 16.8 Å². The van der Waals surface area contributed by atoms with Crippen LogP contribution in [0.5, 0.6) is 0 Å². The number of pyridine rings is 2. The van der Waals surface area contributed by atoms with Crippen molar-refractivity contribution in [2.24, 2.45) is 11.3 Å². The number of amides is 1. The van der Waals surface area contributed by atoms with E-state index in [4.69, 9.17) is 0 Å². The summed E-state index contributed by atoms with van der Waals surface area (Å²) in [7, 11) is 0. The Bertz CT molecular complexity index is 1250. The smallest absolute Gasteiger partial charge is 0.229 e. The summed E-state index contributed by atoms with van der Waals surface area (Å²) < 4.78 is 14.8. The second-order valence-electron chi connectivity index (χ2n) is 8.92. The van der Waals surface area contributed by atoms with Crippen LogP contribution in [0.4, 0.5) is 10.2 Å². The van der Waals surface area contributed by atoms with Crippen LogP contribution in [-0.4, -0.2) is 15.9 Å². The molecule has 3 aromatic rings. The Kier molecular flexibility index (Phi) is 3.42. The van der Waals surface area contributed by atoms with Gasteiger partial charge in [-0.1, -0.05) is 6.07 Å². The first-order valence-corrected chi connectivity index (χ1v) is 10.3. The molecule has 0 saturated heterocycles. The molecule has 0 bridgehead atoms. The van der Waals surface area contributed by atoms with Crippen LogP contribution in [0.15, 0.2) is 48.8 Å². The largest absolute Gasteiger partial charge is 0.310 e. The van der Waals surface area contributed by atoms with Gasteiger partial charge >= 0.3 is 0 Å². The number of hydrogen-bond donors (Lipinski definition) is 1. The second-order valence-corrected chi connectivity index (χ2v) is 8.92. The van der Waals surface area contributed by atoms with Gasteiger partial charge in [-0.15, -0.1) is 0 Å². The van der Waals surface area contributed by atoms with Crippen molar-refractivity contribution in [2.45, 2.75) is 37.0 Å². The molecule has 3 saturated carbocycles. The van der Waals surface area contributed by atoms with Crippen LogP contribution in [0.1, 0.15) is 42.9 Å². The summed E-state index contributed by atoms with van der Waals surface area (Å²) in [5.74, 6) is 0.0615. The number of nitrogens with zero attached hydrogens (tertiary/aromatic N) is 3. The summed E-state index contributed by atoms with van der Waals surface area (Å²) in [5.41, 5.74) is 0.717. The maximum absolute atomic E-state index is 14.8. The summed E-state index contributed by atoms with van der Waals surface area (Å²) in [6.07, 6.45) is 6.81. The number of hydrogen-bond acceptors (Lipinski definition) is 4. The van der Waals surface area contributed by atoms with E-state index in [0.717, 1.165) is 36.8 Å². The minimum atomic E-state index is -0.693. The van der Waals surface area contributed by atoms with E-state index in [2.05, 4.69) is 21.4 Å². The van der Waals surface area contributed by atoms with Crippen molar-refractivity contribution in [3.63, 3.8) is 0 Å². The lowest BCUT2D eigenvalue weighted by atomic mass is 9.91. The van der Waals surface area contributed by atoms with Crippen molar-refractivity contribution in [1.29, 1.82) is 5.26 Å². The van der Waals surface area contributed by atoms with Gasteiger partial charge in [0.15, 0.2) is 0 Å². The maximum atomic E-state index is 14.8. The molecular formula is C24H19FN4O. The van der Waals surface area contributed by atoms with E-state index >= 15 is 0 Å². The Hall–Kier alpha value is -3.33. The first-order valence-electron chi connectivity index (χ1n) is 10.3. The molecule has 2 heterocycles. The zero-order valence-corrected chi connectivity index (χ0v) is 16.2. The molecule has 3 fully saturated rings. The molecule has 2 aromatic heterocycles. The average Bonchev–Trinajstić information content (AvgIpc) is 3.66. The number of carbonyl (C=O) groups is 1. The van der Waals surface area contributed by atoms with E-state index in [9.17, 15) is 14.4 Å². The predicted octanol–water partition coefficient (Wildman–Crippen LogP) is 4.46. The maximum Gasteiger partial charge on any atom is 0.229 e. The van der Waals surface area contributed by atoms with Crippen LogP contribution in [0.25, 0.3) is 10.8 Å². The number of carbonyl (C=O) groups excluding carboxylic acids is 1. The Morgan fingerprint density at radius 2 is 2.07 bits per heavy atom. The number of nitriles is 1. The molecule has 5 nitrogen and oxygen atoms in total. The van der Waals surface area contributed by atoms with Crippen molar-refractivity contribution in [2.75, 3.05) is 5.32 Å². The molecule has 0 aliphatic heterocycles. The van der Waals surface area contributed by atoms with E-state index in [1.165, 1.54) is 6.07 Å². The Morgan fingerprint density at radius 1 is 1.20 bits per heavy atom. The molecule has 1 amide bonds. The number of aromatic nitrogens is 2. The lowest BCUT2D eigenvalue weighted by molar-refractivity contribution is -0.117. The standard InChI is InChI=1S/C24H19FN4O/c25-19-8-15-11-28-21(29-22(30)17-10-16(17)20-3-1-2-6-27-20)9-14(15)7-18(19)24(13-26)12-23(24)4-5-23/h1-3,6-9,11,16-17H,4-5,10,12H2,(H,28,29,30)/t16-,17-,24-/m0/s1. The molecule has 1 aromatic carbocycles. The Balaban J connectivity index is 1.26. The third-order valence-corrected chi connectivity index (χ3v) is 7.14. The fraction of sp³-hybridized carbons (Fsp3) is 0.333. The fourth-order valence-corrected chi connectivity index (χ4v) is 5.00. The molecule has 1 N–H and O–H groups in total. The average molecular weight is 398 g/mol. The van der Waals surface area contributed by atoms with Gasteiger partial charge in [-0.05, 0) is 66.8 Å². The molecular weight excluding hydrogens is 379 g/mol. The summed E-state index contributed by atoms with van der Waals surface area (Å²) in [6, 6.07) is 13.1. The van der Waals surface area contributed by atoms with Gasteiger partial charge in [0.1, 0.15) is 11.6 Å². The van der Waals surface area contributed by atoms with Crippen LogP contribution in [0, 0.1) is 28.5 Å². The highest BCUT2D eigenvalue weighted by molar-refractivity contribution is 5.96. The number of fused-ring (bicyclic) bond motifs is 1. The van der Waals surface area contributed by atoms with Gasteiger partial charge in [0.25, 0.3) is 0 Å². The summed E-state index contributed by atoms with van der Waals surface area (Å²) >= 11 is 0. The number of anilines is 1. The minimum absolute atomic E-state index is 0.00714. The SMILES string of the molecule is N#C[C@]1(c2cc3cc(NC(=O)[C@H]4C[C@@H]4c4ccccn4)ncc3cc2F)CC12CC2. The summed E-state index contributed by atoms with van der Waals surface area (Å²) in [6.45, 7) is 0. The first kappa shape index (κ1) is 17.5. The van der Waals surface area contributed by atoms with Gasteiger partial charge in [0.2, 0.25) is 5.91 Å². The molecule has 3 aliphatic carbocycles. The van der Waals surface area contributed by atoms with Crippen LogP contribution in [-0.2, 0) is 10.2 Å². The number of benzene rings is 1. The van der Waals surface area contributed by atoms with Crippen LogP contribution in [0.3, 0.4) is 0 Å². The van der Waals surface area contributed by atoms with E-state index in [1.807, 2.05) is 18.2 Å². The highest BCUT2D eigenvalue weighted by Crippen LogP contribution is 2.78. The quantitative estimate of drug-likeness (QED) is 0.704. The normalized spacial score (nSPS) is 27.5. The molecule has 3 atom stereocenters. The van der Waals surface area contributed by atoms with Gasteiger partial charge in [-0.3, -0.25) is 9.78 Å². The Labute approximate surface area is 173 Å². The van der Waals surface area contributed by atoms with E-state index < -0.39 is 5.41 Å². The topological polar surface area (TPSA) is 78.7 Å². The van der Waals surface area contributed by atoms with Gasteiger partial charge in [-0.2, -0.15) is 5.26 Å². The van der Waals surface area contributed by atoms with Crippen molar-refractivity contribution in [3.05, 3.63) is 65.9 Å². The highest BCUT2D eigenvalue weighted by Gasteiger charge is 2.76. The molecule has 148 valence electrons. The molecule has 3 aliphatic rings. The third-order valence-electron chi connectivity index (χ3n) is 7.14. The summed E-state index contributed by atoms with van der Waals surface area (Å²) in [4.78, 5) is 21.3. The Morgan fingerprint density at radius 3 is 2.77 bits per heavy atom. The lowest BCUT2D eigenvalue weighted by Gasteiger charge is -2.12. The highest BCUT2D eigenvalue weighted by atomic mass is 19.1. The van der Waals surface area contributed by atoms with Crippen LogP contribution < -0.4 is 5.32 Å². The zero-order chi connectivity index (χ0) is 20.5. The van der Waals surface area contributed by atoms with E-state index in [1.54, 1.807) is 24.5 Å². The van der Waals surface area contributed by atoms with Crippen molar-refractivity contribution in [3.8, 4) is 6.07 Å². The fourth-order valence-electron chi connectivity index (χ4n) is 5.00. The third kappa shape index (κ3) is 2.48.